The van der Waals surface area contributed by atoms with Gasteiger partial charge < -0.3 is 25.6 Å². The van der Waals surface area contributed by atoms with Gasteiger partial charge in [-0.2, -0.15) is 10.2 Å². The lowest BCUT2D eigenvalue weighted by molar-refractivity contribution is -0.0733. The third-order valence-corrected chi connectivity index (χ3v) is 11.1. The maximum Gasteiger partial charge on any atom is 0.410 e. The van der Waals surface area contributed by atoms with Gasteiger partial charge >= 0.3 is 6.09 Å². The zero-order valence-electron chi connectivity index (χ0n) is 27.1. The molecule has 1 heterocycles. The summed E-state index contributed by atoms with van der Waals surface area (Å²) >= 11 is 6.32. The molecule has 1 amide bonds. The molecule has 2 aromatic rings. The predicted molar refractivity (Wildman–Crippen MR) is 177 cm³/mol. The Hall–Kier alpha value is -3.09. The summed E-state index contributed by atoms with van der Waals surface area (Å²) in [4.78, 5) is 23.5. The van der Waals surface area contributed by atoms with E-state index in [1.807, 2.05) is 57.0 Å². The fourth-order valence-corrected chi connectivity index (χ4v) is 9.04. The molecule has 5 aliphatic rings. The molecule has 0 saturated heterocycles. The van der Waals surface area contributed by atoms with Gasteiger partial charge in [-0.05, 0) is 113 Å². The number of benzene rings is 1. The largest absolute Gasteiger partial charge is 0.444 e. The van der Waals surface area contributed by atoms with Gasteiger partial charge in [-0.1, -0.05) is 29.8 Å². The van der Waals surface area contributed by atoms with Crippen LogP contribution in [0.5, 0.6) is 0 Å². The second-order valence-electron chi connectivity index (χ2n) is 15.1. The Morgan fingerprint density at radius 1 is 1.11 bits per heavy atom. The highest BCUT2D eigenvalue weighted by atomic mass is 35.5. The number of nitrogens with zero attached hydrogens (tertiary/aromatic N) is 4. The molecule has 5 aliphatic carbocycles. The van der Waals surface area contributed by atoms with Gasteiger partial charge in [-0.15, -0.1) is 0 Å². The van der Waals surface area contributed by atoms with Crippen LogP contribution in [-0.4, -0.2) is 58.3 Å². The molecule has 7 rings (SSSR count). The van der Waals surface area contributed by atoms with Crippen molar-refractivity contribution in [2.45, 2.75) is 109 Å². The minimum atomic E-state index is -0.471. The number of rotatable bonds is 9. The van der Waals surface area contributed by atoms with E-state index in [0.29, 0.717) is 52.8 Å². The Bertz CT molecular complexity index is 1400. The first-order valence-electron chi connectivity index (χ1n) is 16.7. The molecule has 0 spiro atoms. The molecule has 1 unspecified atom stereocenters. The molecular weight excluding hydrogens is 586 g/mol. The molecule has 5 atom stereocenters. The van der Waals surface area contributed by atoms with E-state index in [2.05, 4.69) is 27.0 Å². The van der Waals surface area contributed by atoms with Gasteiger partial charge in [0.15, 0.2) is 0 Å². The Balaban J connectivity index is 1.03. The molecule has 3 N–H and O–H groups in total. The van der Waals surface area contributed by atoms with E-state index < -0.39 is 5.60 Å². The average molecular weight is 634 g/mol. The van der Waals surface area contributed by atoms with Crippen molar-refractivity contribution in [3.05, 3.63) is 46.6 Å². The summed E-state index contributed by atoms with van der Waals surface area (Å²) in [5, 5.41) is 21.5. The monoisotopic (exact) mass is 633 g/mol. The number of hydrogen-bond donors (Lipinski definition) is 3. The van der Waals surface area contributed by atoms with Crippen LogP contribution in [0.25, 0.3) is 0 Å². The summed E-state index contributed by atoms with van der Waals surface area (Å²) in [6.45, 7) is 7.10. The molecule has 242 valence electrons. The van der Waals surface area contributed by atoms with Crippen LogP contribution in [0.15, 0.2) is 30.5 Å². The van der Waals surface area contributed by atoms with E-state index in [1.165, 1.54) is 32.1 Å². The van der Waals surface area contributed by atoms with E-state index in [-0.39, 0.29) is 17.6 Å². The first kappa shape index (κ1) is 31.9. The van der Waals surface area contributed by atoms with Crippen LogP contribution in [0, 0.1) is 34.5 Å². The lowest BCUT2D eigenvalue weighted by Gasteiger charge is -2.61. The van der Waals surface area contributed by atoms with Gasteiger partial charge in [0.25, 0.3) is 0 Å². The molecule has 0 aliphatic heterocycles. The topological polar surface area (TPSA) is 115 Å². The lowest BCUT2D eigenvalue weighted by Crippen LogP contribution is -2.61. The number of hydrogen-bond acceptors (Lipinski definition) is 8. The van der Waals surface area contributed by atoms with Gasteiger partial charge in [-0.3, -0.25) is 0 Å². The minimum absolute atomic E-state index is 0.215. The van der Waals surface area contributed by atoms with E-state index in [4.69, 9.17) is 21.3 Å². The molecule has 1 aromatic heterocycles. The number of anilines is 2. The van der Waals surface area contributed by atoms with Gasteiger partial charge in [0.05, 0.1) is 6.20 Å². The SMILES string of the molecule is CN(C(=O)OC(C)(C)C)C1CCC(N[C@@H]2[C@@H]3CC4C[C@H]2C[C@@](CNc2nc(NCc5ccccc5Cl)ncc2C#N)(C4)C3)CC1. The van der Waals surface area contributed by atoms with Crippen molar-refractivity contribution in [3.8, 4) is 6.07 Å². The molecule has 5 fully saturated rings. The van der Waals surface area contributed by atoms with Crippen molar-refractivity contribution in [2.24, 2.45) is 23.2 Å². The van der Waals surface area contributed by atoms with E-state index in [1.54, 1.807) is 6.20 Å². The Labute approximate surface area is 272 Å². The third kappa shape index (κ3) is 7.33. The van der Waals surface area contributed by atoms with Crippen molar-refractivity contribution in [2.75, 3.05) is 24.2 Å². The van der Waals surface area contributed by atoms with Crippen LogP contribution in [0.1, 0.15) is 89.7 Å². The van der Waals surface area contributed by atoms with Gasteiger partial charge in [-0.25, -0.2) is 9.78 Å². The number of halogens is 1. The fraction of sp³-hybridized carbons (Fsp3) is 0.657. The Kier molecular flexibility index (Phi) is 9.18. The molecule has 5 saturated carbocycles. The number of amides is 1. The molecule has 4 bridgehead atoms. The highest BCUT2D eigenvalue weighted by molar-refractivity contribution is 6.31. The molecule has 9 nitrogen and oxygen atoms in total. The number of carbonyl (C=O) groups excluding carboxylic acids is 1. The summed E-state index contributed by atoms with van der Waals surface area (Å²) in [6, 6.07) is 11.3. The van der Waals surface area contributed by atoms with Gasteiger partial charge in [0.1, 0.15) is 23.1 Å². The third-order valence-electron chi connectivity index (χ3n) is 10.7. The number of aromatic nitrogens is 2. The van der Waals surface area contributed by atoms with Gasteiger partial charge in [0, 0.05) is 43.3 Å². The average Bonchev–Trinajstić information content (AvgIpc) is 3.00. The number of carbonyl (C=O) groups is 1. The minimum Gasteiger partial charge on any atom is -0.444 e. The summed E-state index contributed by atoms with van der Waals surface area (Å²) < 4.78 is 5.61. The Morgan fingerprint density at radius 3 is 2.49 bits per heavy atom. The molecule has 0 radical (unpaired) electrons. The normalized spacial score (nSPS) is 30.4. The second kappa shape index (κ2) is 13.0. The maximum atomic E-state index is 12.6. The van der Waals surface area contributed by atoms with E-state index >= 15 is 0 Å². The summed E-state index contributed by atoms with van der Waals surface area (Å²) in [7, 11) is 1.89. The van der Waals surface area contributed by atoms with Crippen molar-refractivity contribution in [1.29, 1.82) is 5.26 Å². The standard InChI is InChI=1S/C35H48ClN7O2/c1-34(2,3)45-33(44)43(4)28-11-9-27(10-12-28)41-30-24-13-22-14-25(30)17-35(15-22,16-24)21-40-31-26(18-37)20-39-32(42-31)38-19-23-7-5-6-8-29(23)36/h5-8,20,22,24-25,27-28,30,41H,9-17,19,21H2,1-4H3,(H2,38,39,40,42)/t22?,24-,25+,27?,28?,30-,35-. The maximum absolute atomic E-state index is 12.6. The van der Waals surface area contributed by atoms with Crippen LogP contribution in [0.3, 0.4) is 0 Å². The van der Waals surface area contributed by atoms with Crippen LogP contribution < -0.4 is 16.0 Å². The molecular formula is C35H48ClN7O2. The quantitative estimate of drug-likeness (QED) is 0.271. The number of ether oxygens (including phenoxy) is 1. The van der Waals surface area contributed by atoms with E-state index in [0.717, 1.165) is 43.7 Å². The zero-order valence-corrected chi connectivity index (χ0v) is 27.9. The zero-order chi connectivity index (χ0) is 31.8. The smallest absolute Gasteiger partial charge is 0.410 e. The summed E-state index contributed by atoms with van der Waals surface area (Å²) in [5.74, 6) is 3.25. The molecule has 1 aromatic carbocycles. The van der Waals surface area contributed by atoms with Crippen molar-refractivity contribution in [1.82, 2.24) is 20.2 Å². The van der Waals surface area contributed by atoms with Crippen LogP contribution >= 0.6 is 11.6 Å². The lowest BCUT2D eigenvalue weighted by atomic mass is 9.47. The second-order valence-corrected chi connectivity index (χ2v) is 15.5. The summed E-state index contributed by atoms with van der Waals surface area (Å²) in [5.41, 5.74) is 1.21. The Morgan fingerprint density at radius 2 is 1.82 bits per heavy atom. The van der Waals surface area contributed by atoms with Crippen molar-refractivity contribution < 1.29 is 9.53 Å². The summed E-state index contributed by atoms with van der Waals surface area (Å²) in [6.07, 6.45) is 11.9. The van der Waals surface area contributed by atoms with Crippen molar-refractivity contribution in [3.63, 3.8) is 0 Å². The van der Waals surface area contributed by atoms with Crippen molar-refractivity contribution >= 4 is 29.5 Å². The fourth-order valence-electron chi connectivity index (χ4n) is 8.84. The number of nitriles is 1. The van der Waals surface area contributed by atoms with E-state index in [9.17, 15) is 10.1 Å². The predicted octanol–water partition coefficient (Wildman–Crippen LogP) is 6.99. The first-order chi connectivity index (χ1) is 21.5. The van der Waals surface area contributed by atoms with Crippen LogP contribution in [0.4, 0.5) is 16.6 Å². The molecule has 45 heavy (non-hydrogen) atoms. The first-order valence-corrected chi connectivity index (χ1v) is 17.1. The number of nitrogens with one attached hydrogen (secondary N) is 3. The molecule has 10 heteroatoms. The van der Waals surface area contributed by atoms with Crippen LogP contribution in [-0.2, 0) is 11.3 Å². The van der Waals surface area contributed by atoms with Gasteiger partial charge in [0.2, 0.25) is 5.95 Å². The highest BCUT2D eigenvalue weighted by Crippen LogP contribution is 2.60. The van der Waals surface area contributed by atoms with Crippen LogP contribution in [0.2, 0.25) is 5.02 Å². The highest BCUT2D eigenvalue weighted by Gasteiger charge is 2.55.